The van der Waals surface area contributed by atoms with Crippen LogP contribution in [0.5, 0.6) is 11.6 Å². The lowest BCUT2D eigenvalue weighted by molar-refractivity contribution is 0.293. The van der Waals surface area contributed by atoms with Gasteiger partial charge in [0, 0.05) is 6.07 Å². The highest BCUT2D eigenvalue weighted by Gasteiger charge is 2.04. The van der Waals surface area contributed by atoms with E-state index in [0.29, 0.717) is 18.1 Å². The van der Waals surface area contributed by atoms with Crippen LogP contribution in [0.3, 0.4) is 0 Å². The minimum atomic E-state index is 0.148. The Morgan fingerprint density at radius 1 is 1.21 bits per heavy atom. The molecule has 1 aromatic carbocycles. The first-order valence-corrected chi connectivity index (χ1v) is 5.93. The Kier molecular flexibility index (Phi) is 4.22. The molecule has 5 heteroatoms. The number of benzene rings is 1. The van der Waals surface area contributed by atoms with Crippen LogP contribution in [0.25, 0.3) is 0 Å². The molecule has 0 aliphatic heterocycles. The van der Waals surface area contributed by atoms with Gasteiger partial charge in [0.25, 0.3) is 0 Å². The Labute approximate surface area is 116 Å². The molecule has 0 aliphatic rings. The third-order valence-electron chi connectivity index (χ3n) is 2.49. The van der Waals surface area contributed by atoms with Gasteiger partial charge in [0.1, 0.15) is 18.4 Å². The van der Waals surface area contributed by atoms with E-state index in [2.05, 4.69) is 4.98 Å². The zero-order valence-corrected chi connectivity index (χ0v) is 11.0. The SMILES string of the molecule is COc1ccc(COc2ccc(C#N)c(Cl)n2)cc1. The minimum Gasteiger partial charge on any atom is -0.497 e. The van der Waals surface area contributed by atoms with Crippen molar-refractivity contribution in [2.24, 2.45) is 0 Å². The van der Waals surface area contributed by atoms with Crippen LogP contribution in [0.2, 0.25) is 5.15 Å². The Hall–Kier alpha value is -2.25. The first-order valence-electron chi connectivity index (χ1n) is 5.55. The average Bonchev–Trinajstić information content (AvgIpc) is 2.46. The zero-order chi connectivity index (χ0) is 13.7. The van der Waals surface area contributed by atoms with Crippen LogP contribution in [0.1, 0.15) is 11.1 Å². The van der Waals surface area contributed by atoms with Crippen LogP contribution in [0, 0.1) is 11.3 Å². The molecule has 0 aliphatic carbocycles. The van der Waals surface area contributed by atoms with E-state index >= 15 is 0 Å². The number of pyridine rings is 1. The molecule has 0 radical (unpaired) electrons. The smallest absolute Gasteiger partial charge is 0.215 e. The van der Waals surface area contributed by atoms with Gasteiger partial charge in [-0.2, -0.15) is 5.26 Å². The summed E-state index contributed by atoms with van der Waals surface area (Å²) in [6.07, 6.45) is 0. The third-order valence-corrected chi connectivity index (χ3v) is 2.78. The second-order valence-electron chi connectivity index (χ2n) is 3.74. The van der Waals surface area contributed by atoms with Crippen LogP contribution in [0.4, 0.5) is 0 Å². The van der Waals surface area contributed by atoms with E-state index in [1.807, 2.05) is 30.3 Å². The monoisotopic (exact) mass is 274 g/mol. The van der Waals surface area contributed by atoms with Crippen LogP contribution >= 0.6 is 11.6 Å². The summed E-state index contributed by atoms with van der Waals surface area (Å²) in [5, 5.41) is 8.89. The van der Waals surface area contributed by atoms with Gasteiger partial charge in [0.05, 0.1) is 12.7 Å². The number of aromatic nitrogens is 1. The summed E-state index contributed by atoms with van der Waals surface area (Å²) in [4.78, 5) is 3.99. The van der Waals surface area contributed by atoms with E-state index in [1.54, 1.807) is 19.2 Å². The molecule has 1 aromatic heterocycles. The Morgan fingerprint density at radius 2 is 1.95 bits per heavy atom. The zero-order valence-electron chi connectivity index (χ0n) is 10.3. The molecular formula is C14H11ClN2O2. The summed E-state index contributed by atoms with van der Waals surface area (Å²) < 4.78 is 10.6. The van der Waals surface area contributed by atoms with E-state index < -0.39 is 0 Å². The first kappa shape index (κ1) is 13.2. The summed E-state index contributed by atoms with van der Waals surface area (Å²) in [7, 11) is 1.62. The number of rotatable bonds is 4. The van der Waals surface area contributed by atoms with Gasteiger partial charge in [-0.25, -0.2) is 4.98 Å². The quantitative estimate of drug-likeness (QED) is 0.804. The summed E-state index contributed by atoms with van der Waals surface area (Å²) >= 11 is 5.82. The maximum Gasteiger partial charge on any atom is 0.215 e. The lowest BCUT2D eigenvalue weighted by atomic mass is 10.2. The maximum absolute atomic E-state index is 8.74. The summed E-state index contributed by atoms with van der Waals surface area (Å²) in [5.41, 5.74) is 1.32. The van der Waals surface area contributed by atoms with Gasteiger partial charge in [0.2, 0.25) is 5.88 Å². The molecule has 96 valence electrons. The Balaban J connectivity index is 2.02. The van der Waals surface area contributed by atoms with Crippen LogP contribution in [-0.4, -0.2) is 12.1 Å². The Morgan fingerprint density at radius 3 is 2.53 bits per heavy atom. The fourth-order valence-electron chi connectivity index (χ4n) is 1.46. The third kappa shape index (κ3) is 3.36. The molecule has 4 nitrogen and oxygen atoms in total. The van der Waals surface area contributed by atoms with Gasteiger partial charge in [0.15, 0.2) is 5.15 Å². The summed E-state index contributed by atoms with van der Waals surface area (Å²) in [6, 6.07) is 12.7. The number of nitriles is 1. The highest BCUT2D eigenvalue weighted by atomic mass is 35.5. The lowest BCUT2D eigenvalue weighted by Gasteiger charge is -2.06. The Bertz CT molecular complexity index is 606. The molecule has 1 heterocycles. The van der Waals surface area contributed by atoms with E-state index in [9.17, 15) is 0 Å². The molecule has 0 saturated carbocycles. The fraction of sp³-hybridized carbons (Fsp3) is 0.143. The molecule has 0 N–H and O–H groups in total. The van der Waals surface area contributed by atoms with Crippen LogP contribution in [-0.2, 0) is 6.61 Å². The number of ether oxygens (including phenoxy) is 2. The highest BCUT2D eigenvalue weighted by Crippen LogP contribution is 2.18. The van der Waals surface area contributed by atoms with Crippen molar-refractivity contribution in [3.63, 3.8) is 0 Å². The molecule has 0 bridgehead atoms. The van der Waals surface area contributed by atoms with Crippen molar-refractivity contribution in [1.29, 1.82) is 5.26 Å². The highest BCUT2D eigenvalue weighted by molar-refractivity contribution is 6.30. The van der Waals surface area contributed by atoms with Gasteiger partial charge in [-0.1, -0.05) is 23.7 Å². The standard InChI is InChI=1S/C14H11ClN2O2/c1-18-12-5-2-10(3-6-12)9-19-13-7-4-11(8-16)14(15)17-13/h2-7H,9H2,1H3. The van der Waals surface area contributed by atoms with Crippen molar-refractivity contribution in [3.8, 4) is 17.7 Å². The van der Waals surface area contributed by atoms with Crippen molar-refractivity contribution < 1.29 is 9.47 Å². The largest absolute Gasteiger partial charge is 0.497 e. The van der Waals surface area contributed by atoms with Crippen molar-refractivity contribution in [3.05, 3.63) is 52.7 Å². The number of hydrogen-bond donors (Lipinski definition) is 0. The lowest BCUT2D eigenvalue weighted by Crippen LogP contribution is -1.98. The number of methoxy groups -OCH3 is 1. The van der Waals surface area contributed by atoms with Crippen LogP contribution < -0.4 is 9.47 Å². The van der Waals surface area contributed by atoms with Gasteiger partial charge < -0.3 is 9.47 Å². The second kappa shape index (κ2) is 6.07. The molecule has 19 heavy (non-hydrogen) atoms. The number of halogens is 1. The van der Waals surface area contributed by atoms with Crippen LogP contribution in [0.15, 0.2) is 36.4 Å². The topological polar surface area (TPSA) is 55.1 Å². The molecule has 0 atom stereocenters. The van der Waals surface area contributed by atoms with E-state index in [1.165, 1.54) is 0 Å². The molecular weight excluding hydrogens is 264 g/mol. The van der Waals surface area contributed by atoms with E-state index in [0.717, 1.165) is 11.3 Å². The molecule has 0 unspecified atom stereocenters. The van der Waals surface area contributed by atoms with Gasteiger partial charge in [-0.05, 0) is 23.8 Å². The van der Waals surface area contributed by atoms with Gasteiger partial charge in [-0.15, -0.1) is 0 Å². The predicted octanol–water partition coefficient (Wildman–Crippen LogP) is 3.19. The fourth-order valence-corrected chi connectivity index (χ4v) is 1.65. The molecule has 0 spiro atoms. The number of hydrogen-bond acceptors (Lipinski definition) is 4. The average molecular weight is 275 g/mol. The summed E-state index contributed by atoms with van der Waals surface area (Å²) in [6.45, 7) is 0.374. The van der Waals surface area contributed by atoms with Crippen molar-refractivity contribution in [2.75, 3.05) is 7.11 Å². The van der Waals surface area contributed by atoms with Gasteiger partial charge in [-0.3, -0.25) is 0 Å². The molecule has 0 fully saturated rings. The molecule has 2 rings (SSSR count). The summed E-state index contributed by atoms with van der Waals surface area (Å²) in [5.74, 6) is 1.18. The van der Waals surface area contributed by atoms with Crippen molar-refractivity contribution >= 4 is 11.6 Å². The minimum absolute atomic E-state index is 0.148. The number of nitrogens with zero attached hydrogens (tertiary/aromatic N) is 2. The van der Waals surface area contributed by atoms with Gasteiger partial charge >= 0.3 is 0 Å². The predicted molar refractivity (Wildman–Crippen MR) is 71.3 cm³/mol. The van der Waals surface area contributed by atoms with Crippen molar-refractivity contribution in [2.45, 2.75) is 6.61 Å². The molecule has 0 amide bonds. The normalized spacial score (nSPS) is 9.74. The van der Waals surface area contributed by atoms with E-state index in [4.69, 9.17) is 26.3 Å². The van der Waals surface area contributed by atoms with Crippen molar-refractivity contribution in [1.82, 2.24) is 4.98 Å². The molecule has 0 saturated heterocycles. The molecule has 2 aromatic rings. The maximum atomic E-state index is 8.74. The van der Waals surface area contributed by atoms with E-state index in [-0.39, 0.29) is 5.15 Å². The second-order valence-corrected chi connectivity index (χ2v) is 4.09. The first-order chi connectivity index (χ1) is 9.22.